The van der Waals surface area contributed by atoms with Gasteiger partial charge in [0.25, 0.3) is 11.5 Å². The number of benzene rings is 1. The number of aromatic nitrogens is 1. The van der Waals surface area contributed by atoms with Crippen molar-refractivity contribution in [1.82, 2.24) is 9.47 Å². The predicted octanol–water partition coefficient (Wildman–Crippen LogP) is 2.70. The molecule has 1 aromatic heterocycles. The Balaban J connectivity index is 1.38. The molecule has 5 heteroatoms. The quantitative estimate of drug-likeness (QED) is 0.861. The number of hydrogen-bond donors (Lipinski definition) is 0. The Kier molecular flexibility index (Phi) is 3.86. The molecule has 2 aliphatic rings. The Labute approximate surface area is 146 Å². The highest BCUT2D eigenvalue weighted by Gasteiger charge is 2.33. The lowest BCUT2D eigenvalue weighted by atomic mass is 10.1. The molecule has 1 saturated heterocycles. The van der Waals surface area contributed by atoms with Gasteiger partial charge in [0.2, 0.25) is 0 Å². The van der Waals surface area contributed by atoms with Crippen LogP contribution in [-0.4, -0.2) is 34.6 Å². The predicted molar refractivity (Wildman–Crippen MR) is 95.2 cm³/mol. The third-order valence-corrected chi connectivity index (χ3v) is 4.85. The van der Waals surface area contributed by atoms with E-state index >= 15 is 0 Å². The third kappa shape index (κ3) is 3.18. The van der Waals surface area contributed by atoms with Crippen LogP contribution < -0.4 is 10.3 Å². The number of carbonyl (C=O) groups is 1. The number of aryl methyl sites for hydroxylation is 2. The zero-order valence-electron chi connectivity index (χ0n) is 14.6. The summed E-state index contributed by atoms with van der Waals surface area (Å²) < 4.78 is 7.75. The summed E-state index contributed by atoms with van der Waals surface area (Å²) in [5.41, 5.74) is 2.73. The first-order valence-electron chi connectivity index (χ1n) is 8.77. The molecule has 2 aromatic rings. The molecule has 130 valence electrons. The van der Waals surface area contributed by atoms with Crippen molar-refractivity contribution in [3.8, 4) is 5.75 Å². The lowest BCUT2D eigenvalue weighted by Gasteiger charge is -2.39. The standard InChI is InChI=1S/C20H22N2O3/c1-13-4-3-5-15(8-13)20(24)21-11-18(12-21)25-17-9-14(2)22(16-6-7-16)19(23)10-17/h3-5,8-10,16,18H,6-7,11-12H2,1-2H3. The van der Waals surface area contributed by atoms with E-state index in [0.29, 0.717) is 30.4 Å². The first-order chi connectivity index (χ1) is 12.0. The first kappa shape index (κ1) is 15.9. The summed E-state index contributed by atoms with van der Waals surface area (Å²) in [5, 5.41) is 0. The Morgan fingerprint density at radius 1 is 1.12 bits per heavy atom. The van der Waals surface area contributed by atoms with Crippen LogP contribution in [0.4, 0.5) is 0 Å². The fourth-order valence-electron chi connectivity index (χ4n) is 3.38. The Morgan fingerprint density at radius 2 is 1.88 bits per heavy atom. The lowest BCUT2D eigenvalue weighted by Crippen LogP contribution is -2.56. The summed E-state index contributed by atoms with van der Waals surface area (Å²) in [7, 11) is 0. The van der Waals surface area contributed by atoms with Gasteiger partial charge >= 0.3 is 0 Å². The smallest absolute Gasteiger partial charge is 0.254 e. The average molecular weight is 338 g/mol. The van der Waals surface area contributed by atoms with Crippen LogP contribution in [-0.2, 0) is 0 Å². The number of pyridine rings is 1. The van der Waals surface area contributed by atoms with Gasteiger partial charge in [-0.2, -0.15) is 0 Å². The second kappa shape index (κ2) is 6.06. The number of ether oxygens (including phenoxy) is 1. The molecule has 1 amide bonds. The van der Waals surface area contributed by atoms with Gasteiger partial charge in [-0.1, -0.05) is 17.7 Å². The van der Waals surface area contributed by atoms with Crippen molar-refractivity contribution in [2.45, 2.75) is 38.8 Å². The van der Waals surface area contributed by atoms with Gasteiger partial charge in [0.15, 0.2) is 0 Å². The summed E-state index contributed by atoms with van der Waals surface area (Å²) in [6.45, 7) is 5.03. The van der Waals surface area contributed by atoms with E-state index in [2.05, 4.69) is 0 Å². The molecule has 0 atom stereocenters. The van der Waals surface area contributed by atoms with Crippen molar-refractivity contribution in [2.24, 2.45) is 0 Å². The van der Waals surface area contributed by atoms with Crippen molar-refractivity contribution in [1.29, 1.82) is 0 Å². The van der Waals surface area contributed by atoms with Crippen molar-refractivity contribution < 1.29 is 9.53 Å². The van der Waals surface area contributed by atoms with Gasteiger partial charge in [0.05, 0.1) is 13.1 Å². The van der Waals surface area contributed by atoms with Crippen LogP contribution in [0.2, 0.25) is 0 Å². The van der Waals surface area contributed by atoms with E-state index in [1.165, 1.54) is 0 Å². The van der Waals surface area contributed by atoms with Gasteiger partial charge in [-0.05, 0) is 44.9 Å². The Morgan fingerprint density at radius 3 is 2.52 bits per heavy atom. The normalized spacial score (nSPS) is 17.3. The number of hydrogen-bond acceptors (Lipinski definition) is 3. The molecule has 2 fully saturated rings. The fourth-order valence-corrected chi connectivity index (χ4v) is 3.38. The number of nitrogens with zero attached hydrogens (tertiary/aromatic N) is 2. The number of amides is 1. The van der Waals surface area contributed by atoms with E-state index in [1.54, 1.807) is 11.0 Å². The molecule has 1 aliphatic heterocycles. The Bertz CT molecular complexity index is 877. The first-order valence-corrected chi connectivity index (χ1v) is 8.77. The van der Waals surface area contributed by atoms with E-state index in [0.717, 1.165) is 24.1 Å². The average Bonchev–Trinajstić information content (AvgIpc) is 3.34. The van der Waals surface area contributed by atoms with Crippen LogP contribution in [0.25, 0.3) is 0 Å². The largest absolute Gasteiger partial charge is 0.486 e. The van der Waals surface area contributed by atoms with Gasteiger partial charge < -0.3 is 14.2 Å². The fraction of sp³-hybridized carbons (Fsp3) is 0.400. The number of carbonyl (C=O) groups excluding carboxylic acids is 1. The topological polar surface area (TPSA) is 51.5 Å². The minimum absolute atomic E-state index is 0.00418. The van der Waals surface area contributed by atoms with Crippen LogP contribution >= 0.6 is 0 Å². The van der Waals surface area contributed by atoms with Crippen molar-refractivity contribution >= 4 is 5.91 Å². The van der Waals surface area contributed by atoms with Gasteiger partial charge in [-0.3, -0.25) is 9.59 Å². The van der Waals surface area contributed by atoms with Crippen LogP contribution in [0, 0.1) is 13.8 Å². The second-order valence-corrected chi connectivity index (χ2v) is 7.09. The van der Waals surface area contributed by atoms with Crippen LogP contribution in [0.15, 0.2) is 41.2 Å². The molecule has 4 rings (SSSR count). The highest BCUT2D eigenvalue weighted by molar-refractivity contribution is 5.95. The monoisotopic (exact) mass is 338 g/mol. The molecule has 0 bridgehead atoms. The van der Waals surface area contributed by atoms with Crippen LogP contribution in [0.5, 0.6) is 5.75 Å². The molecule has 2 heterocycles. The molecule has 0 unspecified atom stereocenters. The molecule has 25 heavy (non-hydrogen) atoms. The van der Waals surface area contributed by atoms with Crippen LogP contribution in [0.3, 0.4) is 0 Å². The molecule has 0 radical (unpaired) electrons. The zero-order valence-corrected chi connectivity index (χ0v) is 14.6. The molecule has 0 spiro atoms. The van der Waals surface area contributed by atoms with Gasteiger partial charge in [-0.15, -0.1) is 0 Å². The van der Waals surface area contributed by atoms with E-state index in [4.69, 9.17) is 4.74 Å². The second-order valence-electron chi connectivity index (χ2n) is 7.09. The van der Waals surface area contributed by atoms with Gasteiger partial charge in [0.1, 0.15) is 11.9 Å². The maximum Gasteiger partial charge on any atom is 0.254 e. The third-order valence-electron chi connectivity index (χ3n) is 4.85. The van der Waals surface area contributed by atoms with Gasteiger partial charge in [0, 0.05) is 23.4 Å². The van der Waals surface area contributed by atoms with E-state index in [1.807, 2.05) is 48.7 Å². The Hall–Kier alpha value is -2.56. The van der Waals surface area contributed by atoms with E-state index < -0.39 is 0 Å². The SMILES string of the molecule is Cc1cccc(C(=O)N2CC(Oc3cc(C)n(C4CC4)c(=O)c3)C2)c1. The van der Waals surface area contributed by atoms with Crippen LogP contribution in [0.1, 0.15) is 40.5 Å². The summed E-state index contributed by atoms with van der Waals surface area (Å²) in [5.74, 6) is 0.635. The molecule has 1 aromatic carbocycles. The molecule has 0 N–H and O–H groups in total. The maximum absolute atomic E-state index is 12.4. The lowest BCUT2D eigenvalue weighted by molar-refractivity contribution is 0.0176. The van der Waals surface area contributed by atoms with Crippen molar-refractivity contribution in [3.05, 3.63) is 63.6 Å². The van der Waals surface area contributed by atoms with E-state index in [9.17, 15) is 9.59 Å². The highest BCUT2D eigenvalue weighted by atomic mass is 16.5. The van der Waals surface area contributed by atoms with Crippen molar-refractivity contribution in [2.75, 3.05) is 13.1 Å². The van der Waals surface area contributed by atoms with Crippen molar-refractivity contribution in [3.63, 3.8) is 0 Å². The van der Waals surface area contributed by atoms with E-state index in [-0.39, 0.29) is 17.6 Å². The molecule has 5 nitrogen and oxygen atoms in total. The highest BCUT2D eigenvalue weighted by Crippen LogP contribution is 2.35. The number of likely N-dealkylation sites (tertiary alicyclic amines) is 1. The zero-order chi connectivity index (χ0) is 17.6. The minimum Gasteiger partial charge on any atom is -0.486 e. The minimum atomic E-state index is -0.0515. The summed E-state index contributed by atoms with van der Waals surface area (Å²) in [4.78, 5) is 26.4. The summed E-state index contributed by atoms with van der Waals surface area (Å²) >= 11 is 0. The summed E-state index contributed by atoms with van der Waals surface area (Å²) in [6, 6.07) is 11.5. The van der Waals surface area contributed by atoms with Gasteiger partial charge in [-0.25, -0.2) is 0 Å². The molecular formula is C20H22N2O3. The molecule has 1 aliphatic carbocycles. The summed E-state index contributed by atoms with van der Waals surface area (Å²) in [6.07, 6.45) is 2.11. The number of rotatable bonds is 4. The molecular weight excluding hydrogens is 316 g/mol. The molecule has 1 saturated carbocycles. The maximum atomic E-state index is 12.4.